The molecule has 1 aliphatic heterocycles. The van der Waals surface area contributed by atoms with E-state index in [1.165, 1.54) is 5.56 Å². The van der Waals surface area contributed by atoms with Crippen LogP contribution < -0.4 is 14.8 Å². The van der Waals surface area contributed by atoms with E-state index in [0.717, 1.165) is 28.9 Å². The second-order valence-electron chi connectivity index (χ2n) is 4.94. The third-order valence-electron chi connectivity index (χ3n) is 3.34. The Kier molecular flexibility index (Phi) is 4.51. The molecule has 1 aromatic rings. The van der Waals surface area contributed by atoms with Crippen molar-refractivity contribution in [3.8, 4) is 11.5 Å². The first-order valence-corrected chi connectivity index (χ1v) is 7.22. The number of hydrogen-bond acceptors (Lipinski definition) is 3. The topological polar surface area (TPSA) is 30.5 Å². The lowest BCUT2D eigenvalue weighted by atomic mass is 10.0. The van der Waals surface area contributed by atoms with Crippen LogP contribution >= 0.6 is 15.9 Å². The molecule has 0 bridgehead atoms. The fourth-order valence-electron chi connectivity index (χ4n) is 2.19. The second kappa shape index (κ2) is 5.93. The molecule has 0 spiro atoms. The molecule has 1 heterocycles. The van der Waals surface area contributed by atoms with Crippen LogP contribution in [0.25, 0.3) is 0 Å². The fourth-order valence-corrected chi connectivity index (χ4v) is 2.65. The molecule has 0 fully saturated rings. The van der Waals surface area contributed by atoms with E-state index < -0.39 is 0 Å². The Morgan fingerprint density at radius 3 is 2.56 bits per heavy atom. The normalized spacial score (nSPS) is 15.2. The van der Waals surface area contributed by atoms with Crippen LogP contribution in [0.2, 0.25) is 0 Å². The summed E-state index contributed by atoms with van der Waals surface area (Å²) in [5, 5.41) is 3.59. The van der Waals surface area contributed by atoms with E-state index in [1.807, 2.05) is 12.1 Å². The maximum Gasteiger partial charge on any atom is 0.231 e. The minimum Gasteiger partial charge on any atom is -0.454 e. The molecule has 3 nitrogen and oxygen atoms in total. The van der Waals surface area contributed by atoms with Crippen molar-refractivity contribution in [1.29, 1.82) is 0 Å². The van der Waals surface area contributed by atoms with Gasteiger partial charge < -0.3 is 14.8 Å². The van der Waals surface area contributed by atoms with E-state index in [-0.39, 0.29) is 0 Å². The van der Waals surface area contributed by atoms with E-state index in [1.54, 1.807) is 0 Å². The Hall–Kier alpha value is -0.740. The predicted octanol–water partition coefficient (Wildman–Crippen LogP) is 3.70. The SMILES string of the molecule is CCC(NCc1cc2c(cc1Br)OCO2)C(C)C. The third-order valence-corrected chi connectivity index (χ3v) is 4.08. The summed E-state index contributed by atoms with van der Waals surface area (Å²) in [7, 11) is 0. The first kappa shape index (κ1) is 13.7. The maximum atomic E-state index is 5.40. The van der Waals surface area contributed by atoms with Crippen LogP contribution in [0, 0.1) is 5.92 Å². The van der Waals surface area contributed by atoms with Crippen LogP contribution in [0.15, 0.2) is 16.6 Å². The van der Waals surface area contributed by atoms with Gasteiger partial charge in [-0.05, 0) is 30.0 Å². The average molecular weight is 314 g/mol. The molecule has 1 atom stereocenters. The highest BCUT2D eigenvalue weighted by Crippen LogP contribution is 2.36. The lowest BCUT2D eigenvalue weighted by Gasteiger charge is -2.21. The van der Waals surface area contributed by atoms with Gasteiger partial charge in [-0.2, -0.15) is 0 Å². The largest absolute Gasteiger partial charge is 0.454 e. The van der Waals surface area contributed by atoms with Crippen molar-refractivity contribution < 1.29 is 9.47 Å². The average Bonchev–Trinajstić information content (AvgIpc) is 2.76. The Morgan fingerprint density at radius 2 is 1.94 bits per heavy atom. The van der Waals surface area contributed by atoms with Crippen molar-refractivity contribution in [1.82, 2.24) is 5.32 Å². The zero-order chi connectivity index (χ0) is 13.1. The number of hydrogen-bond donors (Lipinski definition) is 1. The molecule has 0 radical (unpaired) electrons. The van der Waals surface area contributed by atoms with Gasteiger partial charge in [0.2, 0.25) is 6.79 Å². The summed E-state index contributed by atoms with van der Waals surface area (Å²) in [5.74, 6) is 2.30. The van der Waals surface area contributed by atoms with Gasteiger partial charge >= 0.3 is 0 Å². The number of halogens is 1. The highest BCUT2D eigenvalue weighted by Gasteiger charge is 2.17. The summed E-state index contributed by atoms with van der Waals surface area (Å²) in [5.41, 5.74) is 1.21. The molecule has 0 amide bonds. The van der Waals surface area contributed by atoms with Crippen LogP contribution in [-0.4, -0.2) is 12.8 Å². The van der Waals surface area contributed by atoms with E-state index >= 15 is 0 Å². The summed E-state index contributed by atoms with van der Waals surface area (Å²) in [6.07, 6.45) is 1.14. The maximum absolute atomic E-state index is 5.40. The first-order valence-electron chi connectivity index (χ1n) is 6.43. The van der Waals surface area contributed by atoms with Crippen molar-refractivity contribution >= 4 is 15.9 Å². The zero-order valence-corrected chi connectivity index (χ0v) is 12.7. The van der Waals surface area contributed by atoms with Crippen molar-refractivity contribution in [3.05, 3.63) is 22.2 Å². The molecule has 0 aromatic heterocycles. The van der Waals surface area contributed by atoms with Gasteiger partial charge in [0.05, 0.1) is 0 Å². The summed E-state index contributed by atoms with van der Waals surface area (Å²) in [6, 6.07) is 4.57. The fraction of sp³-hybridized carbons (Fsp3) is 0.571. The molecule has 1 N–H and O–H groups in total. The van der Waals surface area contributed by atoms with Crippen LogP contribution in [0.1, 0.15) is 32.8 Å². The number of fused-ring (bicyclic) bond motifs is 1. The second-order valence-corrected chi connectivity index (χ2v) is 5.79. The number of nitrogens with one attached hydrogen (secondary N) is 1. The highest BCUT2D eigenvalue weighted by molar-refractivity contribution is 9.10. The molecule has 1 aromatic carbocycles. The molecular formula is C14H20BrNO2. The van der Waals surface area contributed by atoms with Gasteiger partial charge in [0.15, 0.2) is 11.5 Å². The van der Waals surface area contributed by atoms with E-state index in [9.17, 15) is 0 Å². The lowest BCUT2D eigenvalue weighted by molar-refractivity contribution is 0.174. The zero-order valence-electron chi connectivity index (χ0n) is 11.1. The van der Waals surface area contributed by atoms with Gasteiger partial charge in [-0.3, -0.25) is 0 Å². The molecule has 100 valence electrons. The van der Waals surface area contributed by atoms with Crippen LogP contribution in [0.5, 0.6) is 11.5 Å². The summed E-state index contributed by atoms with van der Waals surface area (Å²) in [4.78, 5) is 0. The molecule has 0 saturated carbocycles. The van der Waals surface area contributed by atoms with E-state index in [4.69, 9.17) is 9.47 Å². The minimum atomic E-state index is 0.322. The van der Waals surface area contributed by atoms with Gasteiger partial charge in [-0.25, -0.2) is 0 Å². The van der Waals surface area contributed by atoms with Gasteiger partial charge in [0, 0.05) is 17.1 Å². The molecule has 0 aliphatic carbocycles. The molecule has 4 heteroatoms. The monoisotopic (exact) mass is 313 g/mol. The van der Waals surface area contributed by atoms with Crippen LogP contribution in [-0.2, 0) is 6.54 Å². The van der Waals surface area contributed by atoms with Crippen molar-refractivity contribution in [2.24, 2.45) is 5.92 Å². The van der Waals surface area contributed by atoms with Gasteiger partial charge in [-0.1, -0.05) is 36.7 Å². The summed E-state index contributed by atoms with van der Waals surface area (Å²) >= 11 is 3.58. The number of rotatable bonds is 5. The first-order chi connectivity index (χ1) is 8.61. The van der Waals surface area contributed by atoms with Crippen molar-refractivity contribution in [2.75, 3.05) is 6.79 Å². The van der Waals surface area contributed by atoms with Crippen LogP contribution in [0.3, 0.4) is 0 Å². The van der Waals surface area contributed by atoms with Gasteiger partial charge in [-0.15, -0.1) is 0 Å². The summed E-state index contributed by atoms with van der Waals surface area (Å²) < 4.78 is 11.8. The number of ether oxygens (including phenoxy) is 2. The number of benzene rings is 1. The standard InChI is InChI=1S/C14H20BrNO2/c1-4-12(9(2)3)16-7-10-5-13-14(6-11(10)15)18-8-17-13/h5-6,9,12,16H,4,7-8H2,1-3H3. The molecule has 1 aliphatic rings. The van der Waals surface area contributed by atoms with Crippen LogP contribution in [0.4, 0.5) is 0 Å². The molecule has 18 heavy (non-hydrogen) atoms. The predicted molar refractivity (Wildman–Crippen MR) is 76.0 cm³/mol. The molecule has 1 unspecified atom stereocenters. The Labute approximate surface area is 117 Å². The smallest absolute Gasteiger partial charge is 0.231 e. The third kappa shape index (κ3) is 2.98. The van der Waals surface area contributed by atoms with Gasteiger partial charge in [0.25, 0.3) is 0 Å². The lowest BCUT2D eigenvalue weighted by Crippen LogP contribution is -2.32. The Morgan fingerprint density at radius 1 is 1.28 bits per heavy atom. The molecule has 2 rings (SSSR count). The highest BCUT2D eigenvalue weighted by atomic mass is 79.9. The van der Waals surface area contributed by atoms with Gasteiger partial charge in [0.1, 0.15) is 0 Å². The van der Waals surface area contributed by atoms with E-state index in [0.29, 0.717) is 18.8 Å². The van der Waals surface area contributed by atoms with Crippen molar-refractivity contribution in [2.45, 2.75) is 39.8 Å². The summed E-state index contributed by atoms with van der Waals surface area (Å²) in [6.45, 7) is 7.87. The Balaban J connectivity index is 2.05. The van der Waals surface area contributed by atoms with Crippen molar-refractivity contribution in [3.63, 3.8) is 0 Å². The Bertz CT molecular complexity index is 421. The van der Waals surface area contributed by atoms with E-state index in [2.05, 4.69) is 42.0 Å². The molecule has 0 saturated heterocycles. The quantitative estimate of drug-likeness (QED) is 0.899. The minimum absolute atomic E-state index is 0.322. The molecular weight excluding hydrogens is 294 g/mol.